The maximum absolute atomic E-state index is 13.0. The van der Waals surface area contributed by atoms with Gasteiger partial charge in [-0.05, 0) is 67.1 Å². The number of nitrogens with zero attached hydrogens (tertiary/aromatic N) is 3. The molecule has 9 heteroatoms. The number of fused-ring (bicyclic) bond motifs is 2. The standard InChI is InChI=1S/C29H29N5O4/c1-17-22(18(2)35)7-8-24-23(17)9-10-25(24)30-16-21-14-26(33-27-11-12-32-34(21)27)28(36)31-15-19-5-4-6-20(13-19)29(37)38-3/h4-8,11-14,25,30H,9-10,15-16H2,1-3H3,(H,31,36)/t25-/m0/s1. The highest BCUT2D eigenvalue weighted by molar-refractivity contribution is 5.96. The third-order valence-electron chi connectivity index (χ3n) is 7.07. The highest BCUT2D eigenvalue weighted by Gasteiger charge is 2.25. The van der Waals surface area contributed by atoms with Crippen LogP contribution in [-0.2, 0) is 24.2 Å². The average molecular weight is 512 g/mol. The molecule has 2 heterocycles. The molecule has 2 aromatic carbocycles. The van der Waals surface area contributed by atoms with Crippen LogP contribution in [0.1, 0.15) is 78.5 Å². The molecule has 0 bridgehead atoms. The van der Waals surface area contributed by atoms with Crippen LogP contribution in [0.15, 0.2) is 54.7 Å². The number of rotatable bonds is 8. The summed E-state index contributed by atoms with van der Waals surface area (Å²) in [6, 6.07) is 14.5. The van der Waals surface area contributed by atoms with E-state index in [1.807, 2.05) is 25.1 Å². The van der Waals surface area contributed by atoms with Gasteiger partial charge in [-0.3, -0.25) is 9.59 Å². The van der Waals surface area contributed by atoms with E-state index in [9.17, 15) is 14.4 Å². The number of aromatic nitrogens is 3. The number of esters is 1. The van der Waals surface area contributed by atoms with Crippen LogP contribution < -0.4 is 10.6 Å². The number of benzene rings is 2. The van der Waals surface area contributed by atoms with Crippen molar-refractivity contribution >= 4 is 23.3 Å². The van der Waals surface area contributed by atoms with E-state index in [0.29, 0.717) is 17.8 Å². The Hall–Kier alpha value is -4.37. The van der Waals surface area contributed by atoms with Crippen molar-refractivity contribution in [2.24, 2.45) is 0 Å². The van der Waals surface area contributed by atoms with Crippen LogP contribution >= 0.6 is 0 Å². The highest BCUT2D eigenvalue weighted by Crippen LogP contribution is 2.35. The lowest BCUT2D eigenvalue weighted by atomic mass is 9.96. The number of hydrogen-bond acceptors (Lipinski definition) is 7. The number of amides is 1. The first-order valence-electron chi connectivity index (χ1n) is 12.5. The number of Topliss-reactive ketones (excluding diaryl/α,β-unsaturated/α-hetero) is 1. The first-order chi connectivity index (χ1) is 18.4. The van der Waals surface area contributed by atoms with Crippen LogP contribution in [0.4, 0.5) is 0 Å². The van der Waals surface area contributed by atoms with Gasteiger partial charge < -0.3 is 15.4 Å². The van der Waals surface area contributed by atoms with Gasteiger partial charge >= 0.3 is 5.97 Å². The molecule has 0 saturated carbocycles. The minimum absolute atomic E-state index is 0.0848. The van der Waals surface area contributed by atoms with Crippen molar-refractivity contribution in [2.75, 3.05) is 7.11 Å². The van der Waals surface area contributed by atoms with E-state index in [1.54, 1.807) is 48.0 Å². The lowest BCUT2D eigenvalue weighted by Gasteiger charge is -2.16. The Morgan fingerprint density at radius 1 is 1.11 bits per heavy atom. The molecule has 0 unspecified atom stereocenters. The van der Waals surface area contributed by atoms with E-state index in [2.05, 4.69) is 20.7 Å². The summed E-state index contributed by atoms with van der Waals surface area (Å²) >= 11 is 0. The van der Waals surface area contributed by atoms with E-state index in [0.717, 1.165) is 35.2 Å². The van der Waals surface area contributed by atoms with Crippen LogP contribution in [0.2, 0.25) is 0 Å². The molecule has 1 aliphatic carbocycles. The number of methoxy groups -OCH3 is 1. The zero-order chi connectivity index (χ0) is 26.8. The summed E-state index contributed by atoms with van der Waals surface area (Å²) in [5.74, 6) is -0.666. The average Bonchev–Trinajstić information content (AvgIpc) is 3.57. The van der Waals surface area contributed by atoms with Crippen LogP contribution in [-0.4, -0.2) is 39.4 Å². The van der Waals surface area contributed by atoms with Crippen LogP contribution in [0.5, 0.6) is 0 Å². The molecule has 0 radical (unpaired) electrons. The molecule has 2 N–H and O–H groups in total. The molecule has 5 rings (SSSR count). The normalized spacial score (nSPS) is 14.3. The summed E-state index contributed by atoms with van der Waals surface area (Å²) in [6.07, 6.45) is 3.50. The fourth-order valence-corrected chi connectivity index (χ4v) is 5.12. The summed E-state index contributed by atoms with van der Waals surface area (Å²) in [7, 11) is 1.33. The van der Waals surface area contributed by atoms with Crippen molar-refractivity contribution in [3.63, 3.8) is 0 Å². The van der Waals surface area contributed by atoms with E-state index < -0.39 is 5.97 Å². The van der Waals surface area contributed by atoms with Gasteiger partial charge in [0.1, 0.15) is 5.69 Å². The van der Waals surface area contributed by atoms with Crippen molar-refractivity contribution in [1.82, 2.24) is 25.2 Å². The molecule has 0 aliphatic heterocycles. The fourth-order valence-electron chi connectivity index (χ4n) is 5.12. The molecule has 0 fully saturated rings. The van der Waals surface area contributed by atoms with Crippen molar-refractivity contribution in [1.29, 1.82) is 0 Å². The second-order valence-corrected chi connectivity index (χ2v) is 9.44. The zero-order valence-corrected chi connectivity index (χ0v) is 21.6. The first-order valence-corrected chi connectivity index (χ1v) is 12.5. The maximum Gasteiger partial charge on any atom is 0.337 e. The monoisotopic (exact) mass is 511 g/mol. The lowest BCUT2D eigenvalue weighted by Crippen LogP contribution is -2.26. The molecule has 38 heavy (non-hydrogen) atoms. The van der Waals surface area contributed by atoms with E-state index in [-0.39, 0.29) is 30.0 Å². The summed E-state index contributed by atoms with van der Waals surface area (Å²) < 4.78 is 6.49. The second kappa shape index (κ2) is 10.5. The summed E-state index contributed by atoms with van der Waals surface area (Å²) in [5.41, 5.74) is 7.17. The van der Waals surface area contributed by atoms with Gasteiger partial charge in [0.2, 0.25) is 0 Å². The Kier molecular flexibility index (Phi) is 7.02. The van der Waals surface area contributed by atoms with Gasteiger partial charge in [0.15, 0.2) is 11.4 Å². The lowest BCUT2D eigenvalue weighted by molar-refractivity contribution is 0.0600. The third-order valence-corrected chi connectivity index (χ3v) is 7.07. The molecular weight excluding hydrogens is 482 g/mol. The summed E-state index contributed by atoms with van der Waals surface area (Å²) in [5, 5.41) is 10.9. The molecule has 194 valence electrons. The Morgan fingerprint density at radius 2 is 1.95 bits per heavy atom. The van der Waals surface area contributed by atoms with Gasteiger partial charge in [0.25, 0.3) is 5.91 Å². The number of ketones is 1. The Labute approximate surface area is 220 Å². The van der Waals surface area contributed by atoms with Crippen molar-refractivity contribution < 1.29 is 19.1 Å². The van der Waals surface area contributed by atoms with Crippen LogP contribution in [0.3, 0.4) is 0 Å². The topological polar surface area (TPSA) is 115 Å². The minimum atomic E-state index is -0.428. The zero-order valence-electron chi connectivity index (χ0n) is 21.6. The van der Waals surface area contributed by atoms with Gasteiger partial charge in [-0.15, -0.1) is 0 Å². The van der Waals surface area contributed by atoms with Gasteiger partial charge in [-0.2, -0.15) is 5.10 Å². The smallest absolute Gasteiger partial charge is 0.337 e. The molecule has 1 amide bonds. The predicted octanol–water partition coefficient (Wildman–Crippen LogP) is 3.73. The van der Waals surface area contributed by atoms with E-state index in [4.69, 9.17) is 4.74 Å². The van der Waals surface area contributed by atoms with Gasteiger partial charge in [-0.25, -0.2) is 14.3 Å². The fraction of sp³-hybridized carbons (Fsp3) is 0.276. The molecule has 9 nitrogen and oxygen atoms in total. The molecular formula is C29H29N5O4. The van der Waals surface area contributed by atoms with Gasteiger partial charge in [-0.1, -0.05) is 24.3 Å². The molecule has 1 atom stereocenters. The van der Waals surface area contributed by atoms with Crippen LogP contribution in [0, 0.1) is 6.92 Å². The van der Waals surface area contributed by atoms with Crippen molar-refractivity contribution in [3.8, 4) is 0 Å². The maximum atomic E-state index is 13.0. The summed E-state index contributed by atoms with van der Waals surface area (Å²) in [6.45, 7) is 4.35. The Bertz CT molecular complexity index is 1560. The van der Waals surface area contributed by atoms with Crippen LogP contribution in [0.25, 0.3) is 5.65 Å². The quantitative estimate of drug-likeness (QED) is 0.274. The van der Waals surface area contributed by atoms with E-state index in [1.165, 1.54) is 18.2 Å². The molecule has 4 aromatic rings. The number of nitrogens with one attached hydrogen (secondary N) is 2. The summed E-state index contributed by atoms with van der Waals surface area (Å²) in [4.78, 5) is 41.2. The first kappa shape index (κ1) is 25.3. The Balaban J connectivity index is 1.31. The molecule has 0 saturated heterocycles. The highest BCUT2D eigenvalue weighted by atomic mass is 16.5. The largest absolute Gasteiger partial charge is 0.465 e. The molecule has 0 spiro atoms. The van der Waals surface area contributed by atoms with Crippen molar-refractivity contribution in [3.05, 3.63) is 99.5 Å². The molecule has 2 aromatic heterocycles. The van der Waals surface area contributed by atoms with E-state index >= 15 is 0 Å². The SMILES string of the molecule is COC(=O)c1cccc(CNC(=O)c2cc(CN[C@H]3CCc4c3ccc(C(C)=O)c4C)n3nccc3n2)c1. The molecule has 1 aliphatic rings. The number of carbonyl (C=O) groups is 3. The van der Waals surface area contributed by atoms with Crippen molar-refractivity contribution in [2.45, 2.75) is 45.8 Å². The van der Waals surface area contributed by atoms with Gasteiger partial charge in [0.05, 0.1) is 24.6 Å². The number of ether oxygens (including phenoxy) is 1. The third kappa shape index (κ3) is 4.92. The van der Waals surface area contributed by atoms with Gasteiger partial charge in [0, 0.05) is 30.8 Å². The Morgan fingerprint density at radius 3 is 2.74 bits per heavy atom. The minimum Gasteiger partial charge on any atom is -0.465 e. The predicted molar refractivity (Wildman–Crippen MR) is 141 cm³/mol. The second-order valence-electron chi connectivity index (χ2n) is 9.44. The number of hydrogen-bond donors (Lipinski definition) is 2. The number of carbonyl (C=O) groups excluding carboxylic acids is 3.